The Morgan fingerprint density at radius 2 is 1.96 bits per heavy atom. The van der Waals surface area contributed by atoms with Crippen LogP contribution in [0, 0.1) is 3.57 Å². The van der Waals surface area contributed by atoms with Crippen LogP contribution in [0.15, 0.2) is 53.0 Å². The number of halogens is 2. The van der Waals surface area contributed by atoms with Gasteiger partial charge in [-0.2, -0.15) is 0 Å². The molecule has 0 radical (unpaired) electrons. The van der Waals surface area contributed by atoms with Crippen LogP contribution in [0.4, 0.5) is 5.95 Å². The quantitative estimate of drug-likeness (QED) is 0.558. The largest absolute Gasteiger partial charge is 0.346 e. The van der Waals surface area contributed by atoms with Crippen molar-refractivity contribution < 1.29 is 0 Å². The van der Waals surface area contributed by atoms with Gasteiger partial charge in [0.25, 0.3) is 0 Å². The molecular formula is C16H13BrIN5. The topological polar surface area (TPSA) is 55.6 Å². The molecule has 0 fully saturated rings. The minimum Gasteiger partial charge on any atom is -0.346 e. The molecule has 23 heavy (non-hydrogen) atoms. The summed E-state index contributed by atoms with van der Waals surface area (Å²) in [5.74, 6) is 0.713. The first-order chi connectivity index (χ1) is 11.2. The molecule has 2 atom stereocenters. The lowest BCUT2D eigenvalue weighted by atomic mass is 9.93. The van der Waals surface area contributed by atoms with Gasteiger partial charge in [0, 0.05) is 8.04 Å². The minimum atomic E-state index is 0.114. The summed E-state index contributed by atoms with van der Waals surface area (Å²) in [6.07, 6.45) is 0.898. The highest BCUT2D eigenvalue weighted by atomic mass is 127. The zero-order valence-electron chi connectivity index (χ0n) is 12.0. The van der Waals surface area contributed by atoms with Crippen LogP contribution in [-0.2, 0) is 0 Å². The van der Waals surface area contributed by atoms with Crippen molar-refractivity contribution in [3.8, 4) is 0 Å². The molecule has 0 saturated carbocycles. The molecule has 0 unspecified atom stereocenters. The van der Waals surface area contributed by atoms with Gasteiger partial charge in [0.15, 0.2) is 0 Å². The lowest BCUT2D eigenvalue weighted by molar-refractivity contribution is 0.423. The third-order valence-corrected chi connectivity index (χ3v) is 5.27. The summed E-state index contributed by atoms with van der Waals surface area (Å²) in [7, 11) is 0. The molecule has 0 bridgehead atoms. The number of aromatic nitrogens is 4. The number of rotatable bonds is 2. The fraction of sp³-hybridized carbons (Fsp3) is 0.188. The van der Waals surface area contributed by atoms with E-state index in [2.05, 4.69) is 95.8 Å². The van der Waals surface area contributed by atoms with Crippen LogP contribution >= 0.6 is 38.5 Å². The first kappa shape index (κ1) is 15.1. The lowest BCUT2D eigenvalue weighted by Gasteiger charge is -2.31. The fourth-order valence-corrected chi connectivity index (χ4v) is 3.72. The van der Waals surface area contributed by atoms with Crippen LogP contribution in [-0.4, -0.2) is 20.2 Å². The van der Waals surface area contributed by atoms with E-state index in [0.717, 1.165) is 10.9 Å². The Labute approximate surface area is 155 Å². The number of benzene rings is 2. The van der Waals surface area contributed by atoms with E-state index >= 15 is 0 Å². The molecule has 3 aromatic rings. The van der Waals surface area contributed by atoms with Crippen LogP contribution in [0.3, 0.4) is 0 Å². The minimum absolute atomic E-state index is 0.114. The Balaban J connectivity index is 1.73. The number of tetrazole rings is 1. The molecule has 2 aromatic carbocycles. The van der Waals surface area contributed by atoms with Crippen molar-refractivity contribution in [3.05, 3.63) is 67.7 Å². The van der Waals surface area contributed by atoms with E-state index in [1.54, 1.807) is 0 Å². The number of nitrogens with one attached hydrogen (secondary N) is 1. The second-order valence-corrected chi connectivity index (χ2v) is 7.66. The van der Waals surface area contributed by atoms with Gasteiger partial charge in [0.05, 0.1) is 12.1 Å². The summed E-state index contributed by atoms with van der Waals surface area (Å²) in [5, 5.41) is 15.6. The normalized spacial score (nSPS) is 19.9. The highest BCUT2D eigenvalue weighted by molar-refractivity contribution is 14.1. The number of anilines is 1. The maximum absolute atomic E-state index is 4.16. The van der Waals surface area contributed by atoms with Crippen LogP contribution < -0.4 is 5.32 Å². The van der Waals surface area contributed by atoms with Crippen molar-refractivity contribution in [1.29, 1.82) is 0 Å². The van der Waals surface area contributed by atoms with Crippen molar-refractivity contribution in [2.75, 3.05) is 5.32 Å². The average molecular weight is 482 g/mol. The van der Waals surface area contributed by atoms with Crippen LogP contribution in [0.1, 0.15) is 29.6 Å². The van der Waals surface area contributed by atoms with E-state index in [4.69, 9.17) is 0 Å². The Kier molecular flexibility index (Phi) is 4.06. The Bertz CT molecular complexity index is 832. The summed E-state index contributed by atoms with van der Waals surface area (Å²) in [6.45, 7) is 0. The molecule has 4 rings (SSSR count). The van der Waals surface area contributed by atoms with Gasteiger partial charge in [0.1, 0.15) is 0 Å². The fourth-order valence-electron chi connectivity index (χ4n) is 2.94. The predicted molar refractivity (Wildman–Crippen MR) is 100 cm³/mol. The summed E-state index contributed by atoms with van der Waals surface area (Å²) < 4.78 is 4.16. The first-order valence-corrected chi connectivity index (χ1v) is 9.13. The van der Waals surface area contributed by atoms with E-state index in [1.165, 1.54) is 14.7 Å². The third-order valence-electron chi connectivity index (χ3n) is 4.06. The number of hydrogen-bond donors (Lipinski definition) is 1. The van der Waals surface area contributed by atoms with E-state index in [0.29, 0.717) is 5.95 Å². The van der Waals surface area contributed by atoms with Gasteiger partial charge in [-0.15, -0.1) is 0 Å². The van der Waals surface area contributed by atoms with E-state index in [-0.39, 0.29) is 12.1 Å². The molecule has 0 aliphatic carbocycles. The molecular weight excluding hydrogens is 469 g/mol. The number of fused-ring (bicyclic) bond motifs is 1. The third kappa shape index (κ3) is 2.99. The summed E-state index contributed by atoms with van der Waals surface area (Å²) in [4.78, 5) is 0. The van der Waals surface area contributed by atoms with E-state index in [9.17, 15) is 0 Å². The lowest BCUT2D eigenvalue weighted by Crippen LogP contribution is -2.28. The summed E-state index contributed by atoms with van der Waals surface area (Å²) >= 11 is 5.87. The summed E-state index contributed by atoms with van der Waals surface area (Å²) in [6, 6.07) is 17.2. The first-order valence-electron chi connectivity index (χ1n) is 7.26. The molecule has 0 spiro atoms. The smallest absolute Gasteiger partial charge is 0.243 e. The van der Waals surface area contributed by atoms with E-state index in [1.807, 2.05) is 16.8 Å². The molecule has 116 valence electrons. The average Bonchev–Trinajstić information content (AvgIpc) is 3.03. The maximum Gasteiger partial charge on any atom is 0.243 e. The van der Waals surface area contributed by atoms with Crippen molar-refractivity contribution in [2.45, 2.75) is 18.5 Å². The van der Waals surface area contributed by atoms with Gasteiger partial charge in [0.2, 0.25) is 5.95 Å². The second kappa shape index (κ2) is 6.20. The van der Waals surface area contributed by atoms with Gasteiger partial charge in [-0.05, 0) is 74.8 Å². The molecule has 5 nitrogen and oxygen atoms in total. The van der Waals surface area contributed by atoms with Crippen LogP contribution in [0.2, 0.25) is 0 Å². The second-order valence-electron chi connectivity index (χ2n) is 5.50. The molecule has 0 amide bonds. The van der Waals surface area contributed by atoms with Crippen LogP contribution in [0.25, 0.3) is 0 Å². The van der Waals surface area contributed by atoms with Crippen molar-refractivity contribution in [2.24, 2.45) is 0 Å². The summed E-state index contributed by atoms with van der Waals surface area (Å²) in [5.41, 5.74) is 2.45. The van der Waals surface area contributed by atoms with Crippen molar-refractivity contribution in [3.63, 3.8) is 0 Å². The number of nitrogens with zero attached hydrogens (tertiary/aromatic N) is 4. The van der Waals surface area contributed by atoms with Crippen molar-refractivity contribution in [1.82, 2.24) is 20.2 Å². The predicted octanol–water partition coefficient (Wildman–Crippen LogP) is 4.19. The van der Waals surface area contributed by atoms with Crippen molar-refractivity contribution >= 4 is 44.5 Å². The van der Waals surface area contributed by atoms with Gasteiger partial charge in [-0.1, -0.05) is 45.3 Å². The molecule has 0 saturated heterocycles. The number of hydrogen-bond acceptors (Lipinski definition) is 4. The highest BCUT2D eigenvalue weighted by Gasteiger charge is 2.30. The Morgan fingerprint density at radius 3 is 2.74 bits per heavy atom. The zero-order valence-corrected chi connectivity index (χ0v) is 15.8. The van der Waals surface area contributed by atoms with Gasteiger partial charge in [-0.25, -0.2) is 4.68 Å². The Hall–Kier alpha value is -1.48. The van der Waals surface area contributed by atoms with Gasteiger partial charge < -0.3 is 5.32 Å². The molecule has 1 aliphatic rings. The molecule has 1 N–H and O–H groups in total. The molecule has 1 aromatic heterocycles. The highest BCUT2D eigenvalue weighted by Crippen LogP contribution is 2.37. The Morgan fingerprint density at radius 1 is 1.13 bits per heavy atom. The molecule has 1 aliphatic heterocycles. The maximum atomic E-state index is 4.16. The van der Waals surface area contributed by atoms with Gasteiger partial charge >= 0.3 is 0 Å². The van der Waals surface area contributed by atoms with E-state index < -0.39 is 0 Å². The standard InChI is InChI=1S/C16H13BrIN5/c17-12-3-1-2-11(8-12)15-9-14(10-4-6-13(18)7-5-10)19-16-20-21-22-23(15)16/h1-8,14-15H,9H2,(H,19,20,22)/t14-,15+/m1/s1. The van der Waals surface area contributed by atoms with Gasteiger partial charge in [-0.3, -0.25) is 0 Å². The molecule has 7 heteroatoms. The monoisotopic (exact) mass is 481 g/mol. The SMILES string of the molecule is Brc1cccc([C@@H]2C[C@H](c3ccc(I)cc3)Nc3nnnn32)c1. The molecule has 2 heterocycles. The van der Waals surface area contributed by atoms with Crippen LogP contribution in [0.5, 0.6) is 0 Å². The zero-order chi connectivity index (χ0) is 15.8.